The molecule has 1 amide bonds. The van der Waals surface area contributed by atoms with Crippen LogP contribution in [0.5, 0.6) is 5.75 Å². The average molecular weight is 475 g/mol. The quantitative estimate of drug-likeness (QED) is 0.427. The maximum absolute atomic E-state index is 10.9. The predicted molar refractivity (Wildman–Crippen MR) is 144 cm³/mol. The minimum absolute atomic E-state index is 0.196. The number of carbonyl (C=O) groups excluding carboxylic acids is 2. The van der Waals surface area contributed by atoms with E-state index in [1.807, 2.05) is 71.9 Å². The fourth-order valence-electron chi connectivity index (χ4n) is 1.90. The lowest BCUT2D eigenvalue weighted by atomic mass is 10.2. The minimum Gasteiger partial charge on any atom is -0.489 e. The number of Topliss-reactive ketones (excluding diaryl/α,β-unsaturated/α-hetero) is 1. The second-order valence-electron chi connectivity index (χ2n) is 7.05. The molecule has 0 aliphatic carbocycles. The van der Waals surface area contributed by atoms with Crippen LogP contribution < -0.4 is 10.1 Å². The van der Waals surface area contributed by atoms with Crippen molar-refractivity contribution in [1.29, 1.82) is 5.41 Å². The third-order valence-corrected chi connectivity index (χ3v) is 3.24. The van der Waals surface area contributed by atoms with E-state index < -0.39 is 17.5 Å². The number of ketones is 1. The third-order valence-electron chi connectivity index (χ3n) is 3.24. The number of hydrogen-bond donors (Lipinski definition) is 2. The highest BCUT2D eigenvalue weighted by Gasteiger charge is 2.15. The van der Waals surface area contributed by atoms with Crippen LogP contribution in [0.4, 0.5) is 4.79 Å². The fraction of sp³-hybridized carbons (Fsp3) is 0.464. The topological polar surface area (TPSA) is 88.5 Å². The van der Waals surface area contributed by atoms with E-state index >= 15 is 0 Å². The molecule has 2 aromatic rings. The highest BCUT2D eigenvalue weighted by Crippen LogP contribution is 2.13. The molecule has 0 spiro atoms. The number of aryl methyl sites for hydroxylation is 1. The van der Waals surface area contributed by atoms with Gasteiger partial charge in [0.25, 0.3) is 0 Å². The molecular formula is C28H46N2O4. The van der Waals surface area contributed by atoms with Crippen molar-refractivity contribution in [3.05, 3.63) is 65.7 Å². The van der Waals surface area contributed by atoms with E-state index in [4.69, 9.17) is 14.9 Å². The molecule has 0 heterocycles. The van der Waals surface area contributed by atoms with Crippen molar-refractivity contribution in [1.82, 2.24) is 5.32 Å². The Morgan fingerprint density at radius 1 is 0.882 bits per heavy atom. The Morgan fingerprint density at radius 2 is 1.38 bits per heavy atom. The van der Waals surface area contributed by atoms with Gasteiger partial charge in [-0.25, -0.2) is 4.79 Å². The van der Waals surface area contributed by atoms with Gasteiger partial charge in [0.2, 0.25) is 0 Å². The third kappa shape index (κ3) is 22.1. The van der Waals surface area contributed by atoms with Crippen molar-refractivity contribution in [2.24, 2.45) is 0 Å². The Balaban J connectivity index is -0.000000467. The summed E-state index contributed by atoms with van der Waals surface area (Å²) in [5, 5.41) is 8.79. The second-order valence-corrected chi connectivity index (χ2v) is 7.05. The van der Waals surface area contributed by atoms with Crippen molar-refractivity contribution in [2.75, 3.05) is 6.54 Å². The zero-order valence-electron chi connectivity index (χ0n) is 22.8. The molecule has 192 valence electrons. The summed E-state index contributed by atoms with van der Waals surface area (Å²) in [6, 6.07) is 18.3. The molecule has 0 atom stereocenters. The van der Waals surface area contributed by atoms with Gasteiger partial charge in [-0.05, 0) is 45.4 Å². The van der Waals surface area contributed by atoms with Crippen molar-refractivity contribution >= 4 is 18.1 Å². The number of nitrogens with one attached hydrogen (secondary N) is 2. The van der Waals surface area contributed by atoms with Gasteiger partial charge in [-0.1, -0.05) is 89.6 Å². The van der Waals surface area contributed by atoms with E-state index in [0.717, 1.165) is 5.75 Å². The number of rotatable bonds is 6. The van der Waals surface area contributed by atoms with Gasteiger partial charge in [0, 0.05) is 0 Å². The molecule has 2 aromatic carbocycles. The first-order valence-corrected chi connectivity index (χ1v) is 11.9. The van der Waals surface area contributed by atoms with Crippen LogP contribution in [0.1, 0.15) is 73.4 Å². The van der Waals surface area contributed by atoms with E-state index in [1.54, 1.807) is 20.8 Å². The molecule has 0 fully saturated rings. The Morgan fingerprint density at radius 3 is 1.82 bits per heavy atom. The van der Waals surface area contributed by atoms with Crippen LogP contribution in [-0.2, 0) is 16.1 Å². The summed E-state index contributed by atoms with van der Waals surface area (Å²) >= 11 is 0. The predicted octanol–water partition coefficient (Wildman–Crippen LogP) is 7.38. The molecule has 2 N–H and O–H groups in total. The first-order chi connectivity index (χ1) is 16.2. The van der Waals surface area contributed by atoms with Crippen molar-refractivity contribution < 1.29 is 19.1 Å². The van der Waals surface area contributed by atoms with Gasteiger partial charge in [0.05, 0.1) is 12.8 Å². The van der Waals surface area contributed by atoms with E-state index in [1.165, 1.54) is 11.1 Å². The number of carbonyl (C=O) groups is 2. The van der Waals surface area contributed by atoms with Crippen LogP contribution in [0.25, 0.3) is 0 Å². The lowest BCUT2D eigenvalue weighted by Gasteiger charge is -2.19. The standard InChI is InChI=1S/C14H14O.C8H14N2O3.3C2H6/c1-12-7-9-14(10-8-12)15-11-13-5-3-2-4-6-13;1-8(2,3)13-7(12)10-5-6(11)4-9;3*1-2/h2-10H,11H2,1H3;4,9H,5H2,1-3H3,(H,10,12);3*1-2H3. The summed E-state index contributed by atoms with van der Waals surface area (Å²) < 4.78 is 10.5. The number of amides is 1. The van der Waals surface area contributed by atoms with Gasteiger partial charge >= 0.3 is 6.09 Å². The summed E-state index contributed by atoms with van der Waals surface area (Å²) in [7, 11) is 0. The van der Waals surface area contributed by atoms with E-state index in [-0.39, 0.29) is 6.54 Å². The van der Waals surface area contributed by atoms with Gasteiger partial charge in [0.15, 0.2) is 5.78 Å². The van der Waals surface area contributed by atoms with Gasteiger partial charge in [0.1, 0.15) is 18.0 Å². The molecule has 0 aliphatic heterocycles. The monoisotopic (exact) mass is 474 g/mol. The van der Waals surface area contributed by atoms with Crippen LogP contribution in [-0.4, -0.2) is 30.2 Å². The van der Waals surface area contributed by atoms with E-state index in [2.05, 4.69) is 36.5 Å². The smallest absolute Gasteiger partial charge is 0.408 e. The Kier molecular flexibility index (Phi) is 24.0. The zero-order chi connectivity index (χ0) is 27.0. The SMILES string of the molecule is CC.CC.CC.CC(C)(C)OC(=O)NCC(=O)C=N.Cc1ccc(OCc2ccccc2)cc1. The van der Waals surface area contributed by atoms with Crippen molar-refractivity contribution in [2.45, 2.75) is 81.4 Å². The van der Waals surface area contributed by atoms with E-state index in [0.29, 0.717) is 12.8 Å². The lowest BCUT2D eigenvalue weighted by molar-refractivity contribution is -0.111. The highest BCUT2D eigenvalue weighted by molar-refractivity contribution is 6.27. The summed E-state index contributed by atoms with van der Waals surface area (Å²) in [4.78, 5) is 21.5. The molecule has 34 heavy (non-hydrogen) atoms. The molecule has 0 aliphatic rings. The zero-order valence-corrected chi connectivity index (χ0v) is 22.8. The molecule has 0 radical (unpaired) electrons. The average Bonchev–Trinajstić information content (AvgIpc) is 2.86. The van der Waals surface area contributed by atoms with Gasteiger partial charge in [-0.15, -0.1) is 0 Å². The Labute approximate surface area is 207 Å². The maximum atomic E-state index is 10.9. The van der Waals surface area contributed by atoms with E-state index in [9.17, 15) is 9.59 Å². The van der Waals surface area contributed by atoms with Gasteiger partial charge in [-0.3, -0.25) is 4.79 Å². The minimum atomic E-state index is -0.650. The van der Waals surface area contributed by atoms with Crippen molar-refractivity contribution in [3.63, 3.8) is 0 Å². The first-order valence-electron chi connectivity index (χ1n) is 11.9. The molecule has 2 rings (SSSR count). The molecule has 0 saturated heterocycles. The molecule has 0 bridgehead atoms. The van der Waals surface area contributed by atoms with Crippen LogP contribution in [0.15, 0.2) is 54.6 Å². The van der Waals surface area contributed by atoms with Crippen LogP contribution in [0.3, 0.4) is 0 Å². The maximum Gasteiger partial charge on any atom is 0.408 e. The van der Waals surface area contributed by atoms with Gasteiger partial charge in [-0.2, -0.15) is 0 Å². The molecule has 6 nitrogen and oxygen atoms in total. The van der Waals surface area contributed by atoms with Crippen molar-refractivity contribution in [3.8, 4) is 5.75 Å². The summed E-state index contributed by atoms with van der Waals surface area (Å²) in [5.74, 6) is 0.454. The number of alkyl carbamates (subject to hydrolysis) is 1. The van der Waals surface area contributed by atoms with Crippen LogP contribution in [0.2, 0.25) is 0 Å². The number of benzene rings is 2. The molecule has 0 saturated carbocycles. The largest absolute Gasteiger partial charge is 0.489 e. The fourth-order valence-corrected chi connectivity index (χ4v) is 1.90. The normalized spacial score (nSPS) is 8.88. The molecular weight excluding hydrogens is 428 g/mol. The van der Waals surface area contributed by atoms with Crippen LogP contribution >= 0.6 is 0 Å². The summed E-state index contributed by atoms with van der Waals surface area (Å²) in [6.45, 7) is 19.7. The second kappa shape index (κ2) is 23.0. The number of ether oxygens (including phenoxy) is 2. The summed E-state index contributed by atoms with van der Waals surface area (Å²) in [6.07, 6.45) is -0.000111. The Hall–Kier alpha value is -3.15. The Bertz CT molecular complexity index is 752. The lowest BCUT2D eigenvalue weighted by Crippen LogP contribution is -2.35. The molecule has 6 heteroatoms. The highest BCUT2D eigenvalue weighted by atomic mass is 16.6. The summed E-state index contributed by atoms with van der Waals surface area (Å²) in [5.41, 5.74) is 1.87. The van der Waals surface area contributed by atoms with Crippen LogP contribution in [0, 0.1) is 12.3 Å². The van der Waals surface area contributed by atoms with Gasteiger partial charge < -0.3 is 20.2 Å². The first kappa shape index (κ1) is 35.4. The number of hydrogen-bond acceptors (Lipinski definition) is 5. The molecule has 0 unspecified atom stereocenters. The molecule has 0 aromatic heterocycles.